The first-order chi connectivity index (χ1) is 2.41. The van der Waals surface area contributed by atoms with E-state index >= 15 is 0 Å². The molecule has 0 saturated carbocycles. The van der Waals surface area contributed by atoms with Crippen molar-refractivity contribution in [3.8, 4) is 0 Å². The van der Waals surface area contributed by atoms with Crippen LogP contribution in [0, 0.1) is 0 Å². The number of rotatable bonds is 2. The fourth-order valence-electron chi connectivity index (χ4n) is 0.0527. The fourth-order valence-corrected chi connectivity index (χ4v) is 0.158. The third kappa shape index (κ3) is 8.82. The summed E-state index contributed by atoms with van der Waals surface area (Å²) in [6, 6.07) is 0. The van der Waals surface area contributed by atoms with Crippen molar-refractivity contribution in [1.29, 1.82) is 0 Å². The Morgan fingerprint density at radius 2 is 2.33 bits per heavy atom. The van der Waals surface area contributed by atoms with Crippen molar-refractivity contribution in [1.82, 2.24) is 0 Å². The molecular formula is C2H5FeO2P. The van der Waals surface area contributed by atoms with Gasteiger partial charge in [0.2, 0.25) is 0 Å². The van der Waals surface area contributed by atoms with Crippen LogP contribution in [-0.2, 0) is 26.2 Å². The van der Waals surface area contributed by atoms with Gasteiger partial charge in [-0.2, -0.15) is 0 Å². The van der Waals surface area contributed by atoms with Gasteiger partial charge in [0, 0.05) is 17.1 Å². The molecule has 0 N–H and O–H groups in total. The van der Waals surface area contributed by atoms with Crippen LogP contribution in [-0.4, -0.2) is 6.61 Å². The van der Waals surface area contributed by atoms with Crippen molar-refractivity contribution in [2.75, 3.05) is 6.61 Å². The van der Waals surface area contributed by atoms with Gasteiger partial charge in [-0.1, -0.05) is 0 Å². The van der Waals surface area contributed by atoms with Crippen LogP contribution in [0.2, 0.25) is 0 Å². The molecule has 0 atom stereocenters. The second kappa shape index (κ2) is 9.13. The summed E-state index contributed by atoms with van der Waals surface area (Å²) in [5.41, 5.74) is 0. The van der Waals surface area contributed by atoms with Gasteiger partial charge in [-0.05, 0) is 6.92 Å². The van der Waals surface area contributed by atoms with E-state index in [0.717, 1.165) is 0 Å². The average molecular weight is 148 g/mol. The van der Waals surface area contributed by atoms with Crippen molar-refractivity contribution in [2.45, 2.75) is 6.92 Å². The second-order valence-corrected chi connectivity index (χ2v) is 0.900. The van der Waals surface area contributed by atoms with Crippen LogP contribution in [0.4, 0.5) is 0 Å². The van der Waals surface area contributed by atoms with E-state index in [0.29, 0.717) is 6.61 Å². The molecule has 4 heteroatoms. The molecule has 0 rings (SSSR count). The van der Waals surface area contributed by atoms with Gasteiger partial charge in [-0.25, -0.2) is 4.57 Å². The SMILES string of the molecule is CCOP=O.[Fe]. The summed E-state index contributed by atoms with van der Waals surface area (Å²) >= 11 is 0. The summed E-state index contributed by atoms with van der Waals surface area (Å²) in [7, 11) is -0.220. The molecule has 0 saturated heterocycles. The minimum atomic E-state index is -0.220. The van der Waals surface area contributed by atoms with E-state index in [1.807, 2.05) is 0 Å². The minimum absolute atomic E-state index is 0. The molecule has 0 aromatic rings. The van der Waals surface area contributed by atoms with Gasteiger partial charge in [-0.3, -0.25) is 4.52 Å². The topological polar surface area (TPSA) is 26.3 Å². The molecule has 0 radical (unpaired) electrons. The van der Waals surface area contributed by atoms with Crippen LogP contribution in [0.5, 0.6) is 0 Å². The molecule has 0 aliphatic carbocycles. The van der Waals surface area contributed by atoms with Gasteiger partial charge >= 0.3 is 8.69 Å². The van der Waals surface area contributed by atoms with Crippen molar-refractivity contribution in [3.05, 3.63) is 0 Å². The number of hydrogen-bond donors (Lipinski definition) is 0. The Kier molecular flexibility index (Phi) is 14.9. The Morgan fingerprint density at radius 3 is 2.33 bits per heavy atom. The van der Waals surface area contributed by atoms with E-state index in [9.17, 15) is 4.57 Å². The first-order valence-corrected chi connectivity index (χ1v) is 2.09. The summed E-state index contributed by atoms with van der Waals surface area (Å²) < 4.78 is 13.5. The van der Waals surface area contributed by atoms with Crippen LogP contribution in [0.3, 0.4) is 0 Å². The van der Waals surface area contributed by atoms with E-state index in [2.05, 4.69) is 4.52 Å². The Labute approximate surface area is 49.0 Å². The van der Waals surface area contributed by atoms with Crippen molar-refractivity contribution in [2.24, 2.45) is 0 Å². The third-order valence-electron chi connectivity index (χ3n) is 0.182. The Bertz CT molecular complexity index is 32.7. The monoisotopic (exact) mass is 148 g/mol. The van der Waals surface area contributed by atoms with Gasteiger partial charge in [0.1, 0.15) is 0 Å². The Morgan fingerprint density at radius 1 is 1.83 bits per heavy atom. The first kappa shape index (κ1) is 9.77. The number of hydrogen-bond acceptors (Lipinski definition) is 2. The molecule has 0 amide bonds. The maximum Gasteiger partial charge on any atom is 0.327 e. The van der Waals surface area contributed by atoms with Crippen LogP contribution >= 0.6 is 8.69 Å². The average Bonchev–Trinajstić information content (AvgIpc) is 1.41. The first-order valence-electron chi connectivity index (χ1n) is 1.36. The van der Waals surface area contributed by atoms with Crippen LogP contribution < -0.4 is 0 Å². The van der Waals surface area contributed by atoms with Crippen molar-refractivity contribution >= 4 is 8.69 Å². The normalized spacial score (nSPS) is 7.50. The molecule has 2 nitrogen and oxygen atoms in total. The van der Waals surface area contributed by atoms with E-state index in [1.54, 1.807) is 6.92 Å². The van der Waals surface area contributed by atoms with E-state index in [-0.39, 0.29) is 25.8 Å². The molecule has 0 heterocycles. The van der Waals surface area contributed by atoms with Crippen molar-refractivity contribution < 1.29 is 26.2 Å². The van der Waals surface area contributed by atoms with Crippen LogP contribution in [0.25, 0.3) is 0 Å². The molecule has 0 fully saturated rings. The zero-order valence-electron chi connectivity index (χ0n) is 3.32. The van der Waals surface area contributed by atoms with Gasteiger partial charge in [-0.15, -0.1) is 0 Å². The smallest absolute Gasteiger partial charge is 0.295 e. The van der Waals surface area contributed by atoms with Gasteiger partial charge < -0.3 is 0 Å². The fraction of sp³-hybridized carbons (Fsp3) is 1.00. The molecule has 0 aliphatic heterocycles. The quantitative estimate of drug-likeness (QED) is 0.434. The molecular weight excluding hydrogens is 143 g/mol. The molecule has 0 bridgehead atoms. The maximum atomic E-state index is 9.28. The van der Waals surface area contributed by atoms with E-state index in [1.165, 1.54) is 0 Å². The second-order valence-electron chi connectivity index (χ2n) is 0.492. The Hall–Kier alpha value is 0.579. The summed E-state index contributed by atoms with van der Waals surface area (Å²) in [6.07, 6.45) is 0. The standard InChI is InChI=1S/C2H5O2P.Fe/c1-2-4-5-3;/h2H2,1H3;. The zero-order valence-corrected chi connectivity index (χ0v) is 5.32. The maximum absolute atomic E-state index is 9.28. The zero-order chi connectivity index (χ0) is 4.12. The predicted octanol–water partition coefficient (Wildman–Crippen LogP) is 1.23. The van der Waals surface area contributed by atoms with Gasteiger partial charge in [0.05, 0.1) is 6.61 Å². The largest absolute Gasteiger partial charge is 0.327 e. The third-order valence-corrected chi connectivity index (χ3v) is 0.545. The van der Waals surface area contributed by atoms with E-state index < -0.39 is 0 Å². The van der Waals surface area contributed by atoms with Crippen molar-refractivity contribution in [3.63, 3.8) is 0 Å². The molecule has 38 valence electrons. The summed E-state index contributed by atoms with van der Waals surface area (Å²) in [4.78, 5) is 0. The Balaban J connectivity index is 0. The van der Waals surface area contributed by atoms with E-state index in [4.69, 9.17) is 0 Å². The molecule has 6 heavy (non-hydrogen) atoms. The minimum Gasteiger partial charge on any atom is -0.295 e. The molecule has 0 aromatic heterocycles. The van der Waals surface area contributed by atoms with Gasteiger partial charge in [0.15, 0.2) is 0 Å². The summed E-state index contributed by atoms with van der Waals surface area (Å²) in [6.45, 7) is 2.30. The van der Waals surface area contributed by atoms with Crippen LogP contribution in [0.1, 0.15) is 6.92 Å². The predicted molar refractivity (Wildman–Crippen MR) is 19.2 cm³/mol. The summed E-state index contributed by atoms with van der Waals surface area (Å²) in [5.74, 6) is 0. The molecule has 0 spiro atoms. The molecule has 0 unspecified atom stereocenters. The summed E-state index contributed by atoms with van der Waals surface area (Å²) in [5, 5.41) is 0. The molecule has 0 aromatic carbocycles. The van der Waals surface area contributed by atoms with Gasteiger partial charge in [0.25, 0.3) is 0 Å². The molecule has 0 aliphatic rings. The van der Waals surface area contributed by atoms with Crippen LogP contribution in [0.15, 0.2) is 0 Å².